The van der Waals surface area contributed by atoms with Crippen molar-refractivity contribution in [1.29, 1.82) is 0 Å². The van der Waals surface area contributed by atoms with Gasteiger partial charge in [-0.25, -0.2) is 0 Å². The van der Waals surface area contributed by atoms with Crippen LogP contribution < -0.4 is 10.6 Å². The number of aliphatic hydroxyl groups excluding tert-OH is 1. The van der Waals surface area contributed by atoms with Crippen LogP contribution in [0.1, 0.15) is 51.9 Å². The molecular formula is C17H31N3O2. The lowest BCUT2D eigenvalue weighted by Crippen LogP contribution is -2.68. The molecule has 0 aromatic heterocycles. The van der Waals surface area contributed by atoms with Crippen LogP contribution in [-0.4, -0.2) is 49.5 Å². The molecule has 5 nitrogen and oxygen atoms in total. The standard InChI is InChI=1S/C17H31N3O2/c1-3-22-15-10-14(17(15)8-5-9-17)20-16(18-2)19-11-12-6-4-7-13(12)21/h12-15,21H,3-11H2,1-2H3,(H2,18,19,20). The number of guanidine groups is 1. The van der Waals surface area contributed by atoms with E-state index in [1.165, 1.54) is 19.3 Å². The van der Waals surface area contributed by atoms with Crippen LogP contribution in [0.5, 0.6) is 0 Å². The van der Waals surface area contributed by atoms with E-state index in [1.807, 2.05) is 7.05 Å². The second kappa shape index (κ2) is 6.75. The predicted molar refractivity (Wildman–Crippen MR) is 87.9 cm³/mol. The molecule has 0 aromatic rings. The van der Waals surface area contributed by atoms with Crippen molar-refractivity contribution in [3.8, 4) is 0 Å². The maximum absolute atomic E-state index is 9.92. The average molecular weight is 309 g/mol. The second-order valence-electron chi connectivity index (χ2n) is 7.17. The Morgan fingerprint density at radius 1 is 1.32 bits per heavy atom. The molecule has 1 spiro atoms. The molecular weight excluding hydrogens is 278 g/mol. The number of aliphatic hydroxyl groups is 1. The largest absolute Gasteiger partial charge is 0.393 e. The Morgan fingerprint density at radius 2 is 2.14 bits per heavy atom. The van der Waals surface area contributed by atoms with Crippen LogP contribution in [-0.2, 0) is 4.74 Å². The van der Waals surface area contributed by atoms with E-state index >= 15 is 0 Å². The van der Waals surface area contributed by atoms with Gasteiger partial charge in [0.05, 0.1) is 12.2 Å². The molecule has 4 atom stereocenters. The maximum atomic E-state index is 9.92. The summed E-state index contributed by atoms with van der Waals surface area (Å²) in [5.41, 5.74) is 0.348. The molecule has 0 aromatic carbocycles. The van der Waals surface area contributed by atoms with Crippen molar-refractivity contribution in [2.45, 2.75) is 70.1 Å². The Morgan fingerprint density at radius 3 is 2.68 bits per heavy atom. The van der Waals surface area contributed by atoms with Gasteiger partial charge in [-0.2, -0.15) is 0 Å². The van der Waals surface area contributed by atoms with Gasteiger partial charge in [0.1, 0.15) is 0 Å². The topological polar surface area (TPSA) is 65.9 Å². The molecule has 3 rings (SSSR count). The summed E-state index contributed by atoms with van der Waals surface area (Å²) in [6.07, 6.45) is 8.43. The van der Waals surface area contributed by atoms with E-state index in [0.29, 0.717) is 23.5 Å². The molecule has 0 amide bonds. The summed E-state index contributed by atoms with van der Waals surface area (Å²) >= 11 is 0. The molecule has 3 aliphatic rings. The molecule has 22 heavy (non-hydrogen) atoms. The zero-order valence-corrected chi connectivity index (χ0v) is 14.0. The van der Waals surface area contributed by atoms with Gasteiger partial charge >= 0.3 is 0 Å². The summed E-state index contributed by atoms with van der Waals surface area (Å²) < 4.78 is 5.90. The highest BCUT2D eigenvalue weighted by Crippen LogP contribution is 2.57. The minimum Gasteiger partial charge on any atom is -0.393 e. The number of nitrogens with one attached hydrogen (secondary N) is 2. The minimum atomic E-state index is -0.144. The third-order valence-corrected chi connectivity index (χ3v) is 6.12. The zero-order valence-electron chi connectivity index (χ0n) is 14.0. The normalized spacial score (nSPS) is 36.8. The smallest absolute Gasteiger partial charge is 0.191 e. The van der Waals surface area contributed by atoms with Gasteiger partial charge in [0.25, 0.3) is 0 Å². The summed E-state index contributed by atoms with van der Waals surface area (Å²) in [6, 6.07) is 0.484. The Bertz CT molecular complexity index is 409. The SMILES string of the molecule is CCOC1CC(NC(=NC)NCC2CCCC2O)C12CCC2. The number of rotatable bonds is 5. The summed E-state index contributed by atoms with van der Waals surface area (Å²) in [6.45, 7) is 3.71. The fourth-order valence-corrected chi connectivity index (χ4v) is 4.48. The molecule has 0 heterocycles. The van der Waals surface area contributed by atoms with E-state index in [0.717, 1.165) is 44.8 Å². The monoisotopic (exact) mass is 309 g/mol. The highest BCUT2D eigenvalue weighted by molar-refractivity contribution is 5.80. The summed E-state index contributed by atoms with van der Waals surface area (Å²) in [7, 11) is 1.83. The van der Waals surface area contributed by atoms with Crippen molar-refractivity contribution in [2.75, 3.05) is 20.2 Å². The number of hydrogen-bond acceptors (Lipinski definition) is 3. The molecule has 3 aliphatic carbocycles. The van der Waals surface area contributed by atoms with Crippen molar-refractivity contribution in [1.82, 2.24) is 10.6 Å². The van der Waals surface area contributed by atoms with Gasteiger partial charge in [0, 0.05) is 37.6 Å². The summed E-state index contributed by atoms with van der Waals surface area (Å²) in [4.78, 5) is 4.36. The molecule has 4 unspecified atom stereocenters. The number of aliphatic imine (C=N–C) groups is 1. The highest BCUT2D eigenvalue weighted by atomic mass is 16.5. The van der Waals surface area contributed by atoms with Crippen molar-refractivity contribution < 1.29 is 9.84 Å². The number of nitrogens with zero attached hydrogens (tertiary/aromatic N) is 1. The second-order valence-corrected chi connectivity index (χ2v) is 7.17. The van der Waals surface area contributed by atoms with Crippen molar-refractivity contribution in [3.05, 3.63) is 0 Å². The molecule has 3 saturated carbocycles. The van der Waals surface area contributed by atoms with Crippen molar-refractivity contribution in [3.63, 3.8) is 0 Å². The van der Waals surface area contributed by atoms with Crippen LogP contribution in [0.4, 0.5) is 0 Å². The van der Waals surface area contributed by atoms with Crippen LogP contribution >= 0.6 is 0 Å². The Balaban J connectivity index is 1.49. The average Bonchev–Trinajstić information content (AvgIpc) is 2.84. The van der Waals surface area contributed by atoms with Crippen LogP contribution in [0.25, 0.3) is 0 Å². The van der Waals surface area contributed by atoms with Gasteiger partial charge in [-0.15, -0.1) is 0 Å². The van der Waals surface area contributed by atoms with Crippen molar-refractivity contribution >= 4 is 5.96 Å². The van der Waals surface area contributed by atoms with E-state index in [4.69, 9.17) is 4.74 Å². The molecule has 0 saturated heterocycles. The lowest BCUT2D eigenvalue weighted by atomic mass is 9.51. The van der Waals surface area contributed by atoms with Crippen LogP contribution in [0.15, 0.2) is 4.99 Å². The van der Waals surface area contributed by atoms with E-state index in [1.54, 1.807) is 0 Å². The molecule has 3 fully saturated rings. The molecule has 0 aliphatic heterocycles. The number of ether oxygens (including phenoxy) is 1. The first kappa shape index (κ1) is 16.1. The first-order valence-corrected chi connectivity index (χ1v) is 8.96. The van der Waals surface area contributed by atoms with Gasteiger partial charge in [-0.1, -0.05) is 12.8 Å². The third-order valence-electron chi connectivity index (χ3n) is 6.12. The lowest BCUT2D eigenvalue weighted by molar-refractivity contribution is -0.168. The van der Waals surface area contributed by atoms with Gasteiger partial charge in [-0.3, -0.25) is 4.99 Å². The van der Waals surface area contributed by atoms with Gasteiger partial charge < -0.3 is 20.5 Å². The fraction of sp³-hybridized carbons (Fsp3) is 0.941. The lowest BCUT2D eigenvalue weighted by Gasteiger charge is -2.61. The van der Waals surface area contributed by atoms with Crippen LogP contribution in [0.2, 0.25) is 0 Å². The number of hydrogen-bond donors (Lipinski definition) is 3. The Hall–Kier alpha value is -0.810. The minimum absolute atomic E-state index is 0.144. The summed E-state index contributed by atoms with van der Waals surface area (Å²) in [5.74, 6) is 1.25. The maximum Gasteiger partial charge on any atom is 0.191 e. The first-order valence-electron chi connectivity index (χ1n) is 8.96. The molecule has 126 valence electrons. The van der Waals surface area contributed by atoms with Gasteiger partial charge in [0.15, 0.2) is 5.96 Å². The molecule has 5 heteroatoms. The van der Waals surface area contributed by atoms with Crippen LogP contribution in [0.3, 0.4) is 0 Å². The zero-order chi connectivity index (χ0) is 15.6. The fourth-order valence-electron chi connectivity index (χ4n) is 4.48. The highest BCUT2D eigenvalue weighted by Gasteiger charge is 2.59. The van der Waals surface area contributed by atoms with E-state index < -0.39 is 0 Å². The third kappa shape index (κ3) is 2.85. The van der Waals surface area contributed by atoms with E-state index in [-0.39, 0.29) is 6.10 Å². The quantitative estimate of drug-likeness (QED) is 0.534. The molecule has 0 radical (unpaired) electrons. The van der Waals surface area contributed by atoms with Gasteiger partial charge in [-0.05, 0) is 39.0 Å². The molecule has 0 bridgehead atoms. The first-order chi connectivity index (χ1) is 10.7. The van der Waals surface area contributed by atoms with E-state index in [9.17, 15) is 5.11 Å². The predicted octanol–water partition coefficient (Wildman–Crippen LogP) is 1.66. The van der Waals surface area contributed by atoms with Gasteiger partial charge in [0.2, 0.25) is 0 Å². The molecule has 3 N–H and O–H groups in total. The van der Waals surface area contributed by atoms with E-state index in [2.05, 4.69) is 22.5 Å². The van der Waals surface area contributed by atoms with Crippen molar-refractivity contribution in [2.24, 2.45) is 16.3 Å². The van der Waals surface area contributed by atoms with Crippen LogP contribution in [0, 0.1) is 11.3 Å². The Kier molecular flexibility index (Phi) is 4.93. The Labute approximate surface area is 133 Å². The summed E-state index contributed by atoms with van der Waals surface area (Å²) in [5, 5.41) is 16.9.